The predicted octanol–water partition coefficient (Wildman–Crippen LogP) is 3.31. The minimum absolute atomic E-state index is 0.0787. The average molecular weight is 414 g/mol. The van der Waals surface area contributed by atoms with Crippen LogP contribution in [0.5, 0.6) is 0 Å². The van der Waals surface area contributed by atoms with Crippen molar-refractivity contribution in [3.05, 3.63) is 87.7 Å². The van der Waals surface area contributed by atoms with Gasteiger partial charge in [-0.05, 0) is 42.7 Å². The number of nitrogen functional groups attached to an aromatic ring is 1. The highest BCUT2D eigenvalue weighted by molar-refractivity contribution is 5.70. The van der Waals surface area contributed by atoms with E-state index in [1.807, 2.05) is 36.4 Å². The monoisotopic (exact) mass is 414 g/mol. The van der Waals surface area contributed by atoms with E-state index < -0.39 is 5.82 Å². The lowest BCUT2D eigenvalue weighted by atomic mass is 9.98. The van der Waals surface area contributed by atoms with Gasteiger partial charge in [0.2, 0.25) is 5.95 Å². The predicted molar refractivity (Wildman–Crippen MR) is 117 cm³/mol. The van der Waals surface area contributed by atoms with Gasteiger partial charge in [-0.2, -0.15) is 10.2 Å². The van der Waals surface area contributed by atoms with E-state index in [-0.39, 0.29) is 11.5 Å². The molecule has 4 rings (SSSR count). The summed E-state index contributed by atoms with van der Waals surface area (Å²) in [7, 11) is 0. The number of rotatable bonds is 5. The van der Waals surface area contributed by atoms with Crippen molar-refractivity contribution in [1.82, 2.24) is 14.4 Å². The summed E-state index contributed by atoms with van der Waals surface area (Å²) >= 11 is 0. The van der Waals surface area contributed by atoms with E-state index in [2.05, 4.69) is 21.4 Å². The van der Waals surface area contributed by atoms with Crippen LogP contribution in [0.25, 0.3) is 16.6 Å². The van der Waals surface area contributed by atoms with Crippen molar-refractivity contribution >= 4 is 17.3 Å². The number of pyridine rings is 2. The minimum Gasteiger partial charge on any atom is -0.368 e. The molecule has 7 nitrogen and oxygen atoms in total. The van der Waals surface area contributed by atoms with Crippen molar-refractivity contribution in [2.75, 3.05) is 17.6 Å². The standard InChI is InChI=1S/C23H19FN6O/c1-14-19(12-25)21(29-23(26)28-14)27-10-9-16-11-18-8-7-17(24)13-30(18)22(31)20(16)15-5-3-2-4-6-15/h2-8,11,13H,9-10H2,1H3,(H3,26,27,28,29). The molecule has 0 saturated carbocycles. The molecule has 8 heteroatoms. The number of anilines is 2. The molecule has 0 atom stereocenters. The molecule has 0 aliphatic rings. The molecule has 1 aromatic carbocycles. The van der Waals surface area contributed by atoms with Crippen LogP contribution in [0.4, 0.5) is 16.2 Å². The van der Waals surface area contributed by atoms with Crippen molar-refractivity contribution in [1.29, 1.82) is 5.26 Å². The summed E-state index contributed by atoms with van der Waals surface area (Å²) in [5.41, 5.74) is 8.89. The highest BCUT2D eigenvalue weighted by atomic mass is 19.1. The first-order valence-electron chi connectivity index (χ1n) is 9.65. The van der Waals surface area contributed by atoms with Gasteiger partial charge in [0.05, 0.1) is 11.3 Å². The van der Waals surface area contributed by atoms with Crippen LogP contribution in [-0.2, 0) is 6.42 Å². The van der Waals surface area contributed by atoms with Gasteiger partial charge in [0, 0.05) is 18.3 Å². The van der Waals surface area contributed by atoms with E-state index >= 15 is 0 Å². The molecule has 0 aliphatic heterocycles. The molecule has 0 amide bonds. The maximum Gasteiger partial charge on any atom is 0.263 e. The molecule has 0 unspecified atom stereocenters. The van der Waals surface area contributed by atoms with E-state index in [0.29, 0.717) is 41.1 Å². The lowest BCUT2D eigenvalue weighted by Gasteiger charge is -2.14. The molecule has 0 bridgehead atoms. The Bertz CT molecular complexity index is 1380. The number of aromatic nitrogens is 3. The van der Waals surface area contributed by atoms with Crippen LogP contribution in [0.2, 0.25) is 0 Å². The van der Waals surface area contributed by atoms with Crippen molar-refractivity contribution in [2.24, 2.45) is 0 Å². The van der Waals surface area contributed by atoms with Crippen molar-refractivity contribution in [3.63, 3.8) is 0 Å². The van der Waals surface area contributed by atoms with E-state index in [9.17, 15) is 14.4 Å². The van der Waals surface area contributed by atoms with Gasteiger partial charge in [0.1, 0.15) is 23.3 Å². The summed E-state index contributed by atoms with van der Waals surface area (Å²) in [5, 5.41) is 12.5. The first-order chi connectivity index (χ1) is 15.0. The van der Waals surface area contributed by atoms with Gasteiger partial charge in [0.15, 0.2) is 0 Å². The molecule has 0 fully saturated rings. The summed E-state index contributed by atoms with van der Waals surface area (Å²) in [6.45, 7) is 2.10. The van der Waals surface area contributed by atoms with Crippen LogP contribution in [-0.4, -0.2) is 20.9 Å². The topological polar surface area (TPSA) is 109 Å². The van der Waals surface area contributed by atoms with Crippen LogP contribution >= 0.6 is 0 Å². The molecular weight excluding hydrogens is 395 g/mol. The number of nitriles is 1. The maximum absolute atomic E-state index is 13.8. The Morgan fingerprint density at radius 2 is 1.97 bits per heavy atom. The van der Waals surface area contributed by atoms with E-state index in [1.54, 1.807) is 13.0 Å². The number of fused-ring (bicyclic) bond motifs is 1. The lowest BCUT2D eigenvalue weighted by molar-refractivity contribution is 0.618. The molecule has 0 radical (unpaired) electrons. The van der Waals surface area contributed by atoms with Crippen LogP contribution in [0.1, 0.15) is 16.8 Å². The molecule has 0 aliphatic carbocycles. The third-order valence-corrected chi connectivity index (χ3v) is 4.99. The smallest absolute Gasteiger partial charge is 0.263 e. The van der Waals surface area contributed by atoms with Crippen LogP contribution in [0.15, 0.2) is 59.5 Å². The van der Waals surface area contributed by atoms with E-state index in [0.717, 1.165) is 11.1 Å². The molecule has 3 N–H and O–H groups in total. The summed E-state index contributed by atoms with van der Waals surface area (Å²) in [6.07, 6.45) is 1.67. The third-order valence-electron chi connectivity index (χ3n) is 4.99. The number of benzene rings is 1. The summed E-state index contributed by atoms with van der Waals surface area (Å²) in [5.74, 6) is -0.0490. The minimum atomic E-state index is -0.483. The number of hydrogen-bond donors (Lipinski definition) is 2. The third kappa shape index (κ3) is 3.94. The molecule has 31 heavy (non-hydrogen) atoms. The summed E-state index contributed by atoms with van der Waals surface area (Å²) in [4.78, 5) is 21.3. The molecular formula is C23H19FN6O. The molecule has 0 spiro atoms. The number of hydrogen-bond acceptors (Lipinski definition) is 6. The van der Waals surface area contributed by atoms with Crippen molar-refractivity contribution in [2.45, 2.75) is 13.3 Å². The van der Waals surface area contributed by atoms with E-state index in [4.69, 9.17) is 5.73 Å². The quantitative estimate of drug-likeness (QED) is 0.519. The van der Waals surface area contributed by atoms with Gasteiger partial charge < -0.3 is 11.1 Å². The fraction of sp³-hybridized carbons (Fsp3) is 0.130. The fourth-order valence-corrected chi connectivity index (χ4v) is 3.57. The maximum atomic E-state index is 13.8. The van der Waals surface area contributed by atoms with Gasteiger partial charge in [-0.15, -0.1) is 0 Å². The normalized spacial score (nSPS) is 10.7. The molecule has 3 heterocycles. The van der Waals surface area contributed by atoms with Crippen LogP contribution in [0.3, 0.4) is 0 Å². The Kier molecular flexibility index (Phi) is 5.33. The van der Waals surface area contributed by atoms with Gasteiger partial charge in [-0.3, -0.25) is 9.20 Å². The Morgan fingerprint density at radius 1 is 1.19 bits per heavy atom. The molecule has 4 aromatic rings. The average Bonchev–Trinajstić information content (AvgIpc) is 2.75. The fourth-order valence-electron chi connectivity index (χ4n) is 3.57. The van der Waals surface area contributed by atoms with Gasteiger partial charge >= 0.3 is 0 Å². The van der Waals surface area contributed by atoms with Crippen LogP contribution in [0, 0.1) is 24.1 Å². The second-order valence-electron chi connectivity index (χ2n) is 7.04. The summed E-state index contributed by atoms with van der Waals surface area (Å²) in [6, 6.07) is 16.1. The van der Waals surface area contributed by atoms with Gasteiger partial charge in [-0.1, -0.05) is 30.3 Å². The van der Waals surface area contributed by atoms with Crippen molar-refractivity contribution in [3.8, 4) is 17.2 Å². The number of nitrogens with one attached hydrogen (secondary N) is 1. The number of nitrogens with zero attached hydrogens (tertiary/aromatic N) is 4. The van der Waals surface area contributed by atoms with E-state index in [1.165, 1.54) is 16.7 Å². The summed E-state index contributed by atoms with van der Waals surface area (Å²) < 4.78 is 15.1. The highest BCUT2D eigenvalue weighted by Gasteiger charge is 2.15. The Hall–Kier alpha value is -4.25. The second-order valence-corrected chi connectivity index (χ2v) is 7.04. The number of aryl methyl sites for hydroxylation is 1. The second kappa shape index (κ2) is 8.24. The lowest BCUT2D eigenvalue weighted by Crippen LogP contribution is -2.20. The number of halogens is 1. The first-order valence-corrected chi connectivity index (χ1v) is 9.65. The zero-order valence-corrected chi connectivity index (χ0v) is 16.8. The zero-order valence-electron chi connectivity index (χ0n) is 16.8. The first kappa shape index (κ1) is 20.0. The Balaban J connectivity index is 1.73. The SMILES string of the molecule is Cc1nc(N)nc(NCCc2cc3ccc(F)cn3c(=O)c2-c2ccccc2)c1C#N. The molecule has 0 saturated heterocycles. The zero-order chi connectivity index (χ0) is 22.0. The van der Waals surface area contributed by atoms with Crippen molar-refractivity contribution < 1.29 is 4.39 Å². The Labute approximate surface area is 177 Å². The van der Waals surface area contributed by atoms with Crippen LogP contribution < -0.4 is 16.6 Å². The molecule has 154 valence electrons. The number of nitrogens with two attached hydrogens (primary N) is 1. The van der Waals surface area contributed by atoms with Gasteiger partial charge in [-0.25, -0.2) is 9.37 Å². The largest absolute Gasteiger partial charge is 0.368 e. The van der Waals surface area contributed by atoms with Gasteiger partial charge in [0.25, 0.3) is 5.56 Å². The Morgan fingerprint density at radius 3 is 2.71 bits per heavy atom. The highest BCUT2D eigenvalue weighted by Crippen LogP contribution is 2.23. The molecule has 3 aromatic heterocycles.